The second kappa shape index (κ2) is 44.7. The van der Waals surface area contributed by atoms with Gasteiger partial charge < -0.3 is 47.4 Å². The van der Waals surface area contributed by atoms with Crippen molar-refractivity contribution < 1.29 is 52.2 Å². The van der Waals surface area contributed by atoms with Gasteiger partial charge in [0.1, 0.15) is 13.2 Å². The first kappa shape index (κ1) is 47.7. The molecule has 0 atom stereocenters. The molecule has 0 N–H and O–H groups in total. The molecule has 0 aliphatic heterocycles. The van der Waals surface area contributed by atoms with E-state index >= 15 is 0 Å². The Kier molecular flexibility index (Phi) is 43.5. The summed E-state index contributed by atoms with van der Waals surface area (Å²) in [6.45, 7) is 14.5. The van der Waals surface area contributed by atoms with E-state index in [9.17, 15) is 4.79 Å². The van der Waals surface area contributed by atoms with Crippen molar-refractivity contribution in [2.24, 2.45) is 0 Å². The molecular weight excluding hydrogens is 632 g/mol. The largest absolute Gasteiger partial charge is 0.499 e. The zero-order valence-electron chi connectivity index (χ0n) is 31.3. The van der Waals surface area contributed by atoms with Crippen LogP contribution < -0.4 is 0 Å². The molecule has 0 saturated carbocycles. The van der Waals surface area contributed by atoms with Crippen LogP contribution in [-0.4, -0.2) is 125 Å². The van der Waals surface area contributed by atoms with E-state index in [1.165, 1.54) is 89.7 Å². The van der Waals surface area contributed by atoms with Gasteiger partial charge in [-0.25, -0.2) is 0 Å². The second-order valence-electron chi connectivity index (χ2n) is 11.9. The number of hydrogen-bond donors (Lipinski definition) is 0. The monoisotopic (exact) mass is 707 g/mol. The van der Waals surface area contributed by atoms with Gasteiger partial charge in [-0.1, -0.05) is 103 Å². The zero-order chi connectivity index (χ0) is 35.4. The van der Waals surface area contributed by atoms with E-state index in [-0.39, 0.29) is 5.97 Å². The molecule has 0 aliphatic carbocycles. The van der Waals surface area contributed by atoms with Crippen LogP contribution in [0.3, 0.4) is 0 Å². The number of hydrogen-bond acceptors (Lipinski definition) is 11. The van der Waals surface area contributed by atoms with E-state index in [0.29, 0.717) is 125 Å². The number of carbonyl (C=O) groups excluding carboxylic acids is 1. The van der Waals surface area contributed by atoms with Crippen LogP contribution in [0.5, 0.6) is 0 Å². The van der Waals surface area contributed by atoms with Crippen LogP contribution in [0.1, 0.15) is 110 Å². The predicted molar refractivity (Wildman–Crippen MR) is 193 cm³/mol. The minimum Gasteiger partial charge on any atom is -0.499 e. The van der Waals surface area contributed by atoms with Gasteiger partial charge in [-0.2, -0.15) is 0 Å². The Morgan fingerprint density at radius 3 is 0.959 bits per heavy atom. The topological polar surface area (TPSA) is 109 Å². The average Bonchev–Trinajstić information content (AvgIpc) is 3.11. The molecule has 11 nitrogen and oxygen atoms in total. The van der Waals surface area contributed by atoms with E-state index in [0.717, 1.165) is 12.8 Å². The maximum Gasteiger partial charge on any atom is 0.305 e. The minimum atomic E-state index is -0.129. The fraction of sp³-hybridized carbons (Fsp3) is 0.921. The number of unbranched alkanes of at least 4 members (excludes halogenated alkanes) is 14. The van der Waals surface area contributed by atoms with E-state index in [1.54, 1.807) is 0 Å². The Morgan fingerprint density at radius 1 is 0.388 bits per heavy atom. The summed E-state index contributed by atoms with van der Waals surface area (Å²) in [7, 11) is 0. The van der Waals surface area contributed by atoms with Gasteiger partial charge in [0.15, 0.2) is 0 Å². The van der Waals surface area contributed by atoms with Crippen molar-refractivity contribution in [3.05, 3.63) is 12.8 Å². The quantitative estimate of drug-likeness (QED) is 0.0368. The molecule has 0 fully saturated rings. The molecule has 292 valence electrons. The normalized spacial score (nSPS) is 11.3. The van der Waals surface area contributed by atoms with Crippen molar-refractivity contribution in [2.45, 2.75) is 110 Å². The summed E-state index contributed by atoms with van der Waals surface area (Å²) < 4.78 is 53.8. The molecule has 0 radical (unpaired) electrons. The Labute approximate surface area is 299 Å². The van der Waals surface area contributed by atoms with Gasteiger partial charge in [0, 0.05) is 6.42 Å². The maximum atomic E-state index is 11.9. The summed E-state index contributed by atoms with van der Waals surface area (Å²) in [5.74, 6) is -0.129. The smallest absolute Gasteiger partial charge is 0.305 e. The first-order valence-electron chi connectivity index (χ1n) is 19.3. The lowest BCUT2D eigenvalue weighted by Crippen LogP contribution is -2.15. The van der Waals surface area contributed by atoms with E-state index in [4.69, 9.17) is 47.4 Å². The Hall–Kier alpha value is -1.31. The van der Waals surface area contributed by atoms with Crippen LogP contribution in [0, 0.1) is 0 Å². The van der Waals surface area contributed by atoms with Crippen LogP contribution >= 0.6 is 0 Å². The third kappa shape index (κ3) is 44.7. The lowest BCUT2D eigenvalue weighted by Gasteiger charge is -2.09. The summed E-state index contributed by atoms with van der Waals surface area (Å²) in [4.78, 5) is 11.9. The van der Waals surface area contributed by atoms with Crippen molar-refractivity contribution in [3.8, 4) is 0 Å². The highest BCUT2D eigenvalue weighted by atomic mass is 16.6. The van der Waals surface area contributed by atoms with E-state index in [1.807, 2.05) is 0 Å². The van der Waals surface area contributed by atoms with Crippen molar-refractivity contribution >= 4 is 5.97 Å². The molecule has 0 spiro atoms. The summed E-state index contributed by atoms with van der Waals surface area (Å²) in [6, 6.07) is 0. The zero-order valence-corrected chi connectivity index (χ0v) is 31.3. The molecule has 0 aromatic heterocycles. The first-order valence-corrected chi connectivity index (χ1v) is 19.3. The first-order chi connectivity index (χ1) is 24.3. The Balaban J connectivity index is 3.13. The summed E-state index contributed by atoms with van der Waals surface area (Å²) in [6.07, 6.45) is 21.6. The molecule has 0 heterocycles. The van der Waals surface area contributed by atoms with E-state index < -0.39 is 0 Å². The van der Waals surface area contributed by atoms with Crippen LogP contribution in [0.2, 0.25) is 0 Å². The fourth-order valence-corrected chi connectivity index (χ4v) is 4.76. The van der Waals surface area contributed by atoms with Gasteiger partial charge in [-0.15, -0.1) is 0 Å². The molecule has 0 bridgehead atoms. The van der Waals surface area contributed by atoms with Gasteiger partial charge in [0.2, 0.25) is 0 Å². The standard InChI is InChI=1S/C38H74O11/c1-3-5-6-7-8-9-10-11-12-13-14-15-16-17-18-19-38(39)49-37-36-48-35-34-47-33-32-46-31-30-45-29-28-44-27-26-43-25-24-42-23-22-41-21-20-40-4-2/h4H,2-3,5-37H2,1H3. The van der Waals surface area contributed by atoms with E-state index in [2.05, 4.69) is 13.5 Å². The second-order valence-corrected chi connectivity index (χ2v) is 11.9. The summed E-state index contributed by atoms with van der Waals surface area (Å²) >= 11 is 0. The average molecular weight is 707 g/mol. The van der Waals surface area contributed by atoms with Gasteiger partial charge in [-0.05, 0) is 6.42 Å². The van der Waals surface area contributed by atoms with Gasteiger partial charge in [-0.3, -0.25) is 4.79 Å². The van der Waals surface area contributed by atoms with Gasteiger partial charge in [0.05, 0.1) is 112 Å². The highest BCUT2D eigenvalue weighted by Crippen LogP contribution is 2.13. The van der Waals surface area contributed by atoms with Crippen LogP contribution in [-0.2, 0) is 52.2 Å². The van der Waals surface area contributed by atoms with Crippen molar-refractivity contribution in [1.29, 1.82) is 0 Å². The molecule has 0 aromatic carbocycles. The Morgan fingerprint density at radius 2 is 0.653 bits per heavy atom. The third-order valence-electron chi connectivity index (χ3n) is 7.54. The van der Waals surface area contributed by atoms with Crippen molar-refractivity contribution in [3.63, 3.8) is 0 Å². The van der Waals surface area contributed by atoms with Gasteiger partial charge in [0.25, 0.3) is 0 Å². The molecule has 0 rings (SSSR count). The molecule has 0 unspecified atom stereocenters. The van der Waals surface area contributed by atoms with Crippen LogP contribution in [0.4, 0.5) is 0 Å². The summed E-state index contributed by atoms with van der Waals surface area (Å²) in [5.41, 5.74) is 0. The minimum absolute atomic E-state index is 0.129. The van der Waals surface area contributed by atoms with Gasteiger partial charge >= 0.3 is 5.97 Å². The van der Waals surface area contributed by atoms with Crippen LogP contribution in [0.15, 0.2) is 12.8 Å². The highest BCUT2D eigenvalue weighted by molar-refractivity contribution is 5.69. The molecule has 49 heavy (non-hydrogen) atoms. The molecular formula is C38H74O11. The fourth-order valence-electron chi connectivity index (χ4n) is 4.76. The number of rotatable bonds is 44. The lowest BCUT2D eigenvalue weighted by atomic mass is 10.0. The van der Waals surface area contributed by atoms with Crippen LogP contribution in [0.25, 0.3) is 0 Å². The van der Waals surface area contributed by atoms with Crippen molar-refractivity contribution in [2.75, 3.05) is 119 Å². The number of carbonyl (C=O) groups is 1. The maximum absolute atomic E-state index is 11.9. The SMILES string of the molecule is C=COCCOCCOCCOCCOCCOCCOCCOCCOCCOC(=O)CCCCCCCCCCCCCCCCC. The third-order valence-corrected chi connectivity index (χ3v) is 7.54. The predicted octanol–water partition coefficient (Wildman–Crippen LogP) is 7.08. The summed E-state index contributed by atoms with van der Waals surface area (Å²) in [5, 5.41) is 0. The molecule has 11 heteroatoms. The Bertz CT molecular complexity index is 639. The number of ether oxygens (including phenoxy) is 10. The molecule has 0 saturated heterocycles. The van der Waals surface area contributed by atoms with Crippen molar-refractivity contribution in [1.82, 2.24) is 0 Å². The molecule has 0 amide bonds. The lowest BCUT2D eigenvalue weighted by molar-refractivity contribution is -0.145. The highest BCUT2D eigenvalue weighted by Gasteiger charge is 2.03. The number of esters is 1. The molecule has 0 aliphatic rings. The molecule has 0 aromatic rings.